The van der Waals surface area contributed by atoms with Gasteiger partial charge in [-0.05, 0) is 0 Å². The van der Waals surface area contributed by atoms with E-state index in [0.717, 1.165) is 12.2 Å². The van der Waals surface area contributed by atoms with E-state index in [1.807, 2.05) is 17.7 Å². The van der Waals surface area contributed by atoms with Crippen molar-refractivity contribution in [3.05, 3.63) is 18.2 Å². The van der Waals surface area contributed by atoms with E-state index in [1.165, 1.54) is 0 Å². The van der Waals surface area contributed by atoms with Gasteiger partial charge in [0.2, 0.25) is 5.91 Å². The number of hydrogen-bond acceptors (Lipinski definition) is 4. The molecule has 6 heteroatoms. The fourth-order valence-electron chi connectivity index (χ4n) is 2.25. The molecule has 0 bridgehead atoms. The fourth-order valence-corrected chi connectivity index (χ4v) is 2.25. The van der Waals surface area contributed by atoms with Crippen LogP contribution in [-0.2, 0) is 22.5 Å². The van der Waals surface area contributed by atoms with Gasteiger partial charge in [-0.15, -0.1) is 0 Å². The van der Waals surface area contributed by atoms with Gasteiger partial charge in [0.1, 0.15) is 5.82 Å². The van der Waals surface area contributed by atoms with Gasteiger partial charge in [-0.2, -0.15) is 0 Å². The summed E-state index contributed by atoms with van der Waals surface area (Å²) in [6.45, 7) is 4.40. The highest BCUT2D eigenvalue weighted by Gasteiger charge is 2.20. The summed E-state index contributed by atoms with van der Waals surface area (Å²) in [5.41, 5.74) is 0. The molecule has 0 spiro atoms. The lowest BCUT2D eigenvalue weighted by Crippen LogP contribution is -2.38. The molecule has 1 aliphatic rings. The first-order valence-corrected chi connectivity index (χ1v) is 6.74. The van der Waals surface area contributed by atoms with Gasteiger partial charge in [0.25, 0.3) is 0 Å². The van der Waals surface area contributed by atoms with Crippen LogP contribution in [0.2, 0.25) is 0 Å². The van der Waals surface area contributed by atoms with E-state index < -0.39 is 6.10 Å². The lowest BCUT2D eigenvalue weighted by molar-refractivity contribution is -0.132. The zero-order valence-electron chi connectivity index (χ0n) is 11.3. The van der Waals surface area contributed by atoms with E-state index in [9.17, 15) is 9.90 Å². The molecule has 0 unspecified atom stereocenters. The number of aryl methyl sites for hydroxylation is 2. The molecule has 1 aliphatic heterocycles. The van der Waals surface area contributed by atoms with Crippen LogP contribution in [0.5, 0.6) is 0 Å². The number of amides is 1. The third-order valence-corrected chi connectivity index (χ3v) is 3.28. The first kappa shape index (κ1) is 14.0. The van der Waals surface area contributed by atoms with Crippen LogP contribution >= 0.6 is 0 Å². The summed E-state index contributed by atoms with van der Waals surface area (Å²) in [5.74, 6) is 1.05. The number of nitrogens with zero attached hydrogens (tertiary/aromatic N) is 3. The Labute approximate surface area is 113 Å². The Morgan fingerprint density at radius 1 is 1.63 bits per heavy atom. The Hall–Kier alpha value is -1.40. The largest absolute Gasteiger partial charge is 0.389 e. The highest BCUT2D eigenvalue weighted by molar-refractivity contribution is 5.76. The maximum Gasteiger partial charge on any atom is 0.224 e. The highest BCUT2D eigenvalue weighted by atomic mass is 16.5. The number of hydrogen-bond donors (Lipinski definition) is 1. The van der Waals surface area contributed by atoms with Gasteiger partial charge in [0.15, 0.2) is 0 Å². The molecule has 1 amide bonds. The van der Waals surface area contributed by atoms with Gasteiger partial charge < -0.3 is 19.3 Å². The van der Waals surface area contributed by atoms with Crippen LogP contribution in [0.25, 0.3) is 0 Å². The highest BCUT2D eigenvalue weighted by Crippen LogP contribution is 2.05. The Kier molecular flexibility index (Phi) is 4.93. The zero-order valence-corrected chi connectivity index (χ0v) is 11.3. The lowest BCUT2D eigenvalue weighted by Gasteiger charge is -2.21. The number of aliphatic hydroxyl groups is 1. The summed E-state index contributed by atoms with van der Waals surface area (Å²) in [5, 5.41) is 9.61. The minimum atomic E-state index is -0.578. The Bertz CT molecular complexity index is 419. The number of rotatable bonds is 4. The second-order valence-electron chi connectivity index (χ2n) is 4.71. The third-order valence-electron chi connectivity index (χ3n) is 3.28. The maximum absolute atomic E-state index is 12.1. The van der Waals surface area contributed by atoms with Crippen LogP contribution < -0.4 is 0 Å². The predicted molar refractivity (Wildman–Crippen MR) is 69.6 cm³/mol. The summed E-state index contributed by atoms with van der Waals surface area (Å²) < 4.78 is 7.22. The maximum atomic E-state index is 12.1. The normalized spacial score (nSPS) is 20.3. The molecule has 0 aromatic carbocycles. The van der Waals surface area contributed by atoms with Gasteiger partial charge in [0.05, 0.1) is 19.3 Å². The number of aromatic nitrogens is 2. The summed E-state index contributed by atoms with van der Waals surface area (Å²) >= 11 is 0. The number of aliphatic hydroxyl groups excluding tert-OH is 1. The van der Waals surface area contributed by atoms with Crippen molar-refractivity contribution in [1.29, 1.82) is 0 Å². The quantitative estimate of drug-likeness (QED) is 0.837. The van der Waals surface area contributed by atoms with Crippen LogP contribution in [0.3, 0.4) is 0 Å². The molecule has 6 nitrogen and oxygen atoms in total. The number of carbonyl (C=O) groups is 1. The molecule has 19 heavy (non-hydrogen) atoms. The molecule has 106 valence electrons. The van der Waals surface area contributed by atoms with Gasteiger partial charge in [-0.3, -0.25) is 4.79 Å². The van der Waals surface area contributed by atoms with Crippen LogP contribution in [0, 0.1) is 0 Å². The molecule has 0 aliphatic carbocycles. The minimum Gasteiger partial charge on any atom is -0.389 e. The van der Waals surface area contributed by atoms with Crippen LogP contribution in [-0.4, -0.2) is 57.9 Å². The lowest BCUT2D eigenvalue weighted by atomic mass is 10.3. The van der Waals surface area contributed by atoms with Crippen molar-refractivity contribution in [3.8, 4) is 0 Å². The third kappa shape index (κ3) is 3.78. The van der Waals surface area contributed by atoms with Crippen LogP contribution in [0.1, 0.15) is 19.2 Å². The van der Waals surface area contributed by atoms with E-state index in [1.54, 1.807) is 11.1 Å². The van der Waals surface area contributed by atoms with Gasteiger partial charge >= 0.3 is 0 Å². The van der Waals surface area contributed by atoms with E-state index >= 15 is 0 Å². The summed E-state index contributed by atoms with van der Waals surface area (Å²) in [6.07, 6.45) is 4.36. The van der Waals surface area contributed by atoms with Crippen molar-refractivity contribution in [2.45, 2.75) is 32.4 Å². The average molecular weight is 267 g/mol. The van der Waals surface area contributed by atoms with Gasteiger partial charge in [0, 0.05) is 44.9 Å². The molecule has 1 N–H and O–H groups in total. The number of imidazole rings is 1. The Balaban J connectivity index is 1.86. The van der Waals surface area contributed by atoms with Crippen molar-refractivity contribution >= 4 is 5.91 Å². The SMILES string of the molecule is CCc1nccn1CCC(=O)N1CCOC[C@H](O)C1. The topological polar surface area (TPSA) is 67.6 Å². The van der Waals surface area contributed by atoms with Crippen LogP contribution in [0.4, 0.5) is 0 Å². The van der Waals surface area contributed by atoms with E-state index in [2.05, 4.69) is 4.98 Å². The molecular formula is C13H21N3O3. The molecule has 2 heterocycles. The smallest absolute Gasteiger partial charge is 0.224 e. The van der Waals surface area contributed by atoms with Crippen molar-refractivity contribution in [1.82, 2.24) is 14.5 Å². The molecule has 1 aromatic rings. The van der Waals surface area contributed by atoms with E-state index in [4.69, 9.17) is 4.74 Å². The predicted octanol–water partition coefficient (Wildman–Crippen LogP) is 0.0553. The van der Waals surface area contributed by atoms with Gasteiger partial charge in [-0.25, -0.2) is 4.98 Å². The molecule has 2 rings (SSSR count). The zero-order chi connectivity index (χ0) is 13.7. The second kappa shape index (κ2) is 6.68. The molecular weight excluding hydrogens is 246 g/mol. The van der Waals surface area contributed by atoms with E-state index in [-0.39, 0.29) is 5.91 Å². The van der Waals surface area contributed by atoms with Crippen molar-refractivity contribution in [2.24, 2.45) is 0 Å². The van der Waals surface area contributed by atoms with Crippen molar-refractivity contribution < 1.29 is 14.6 Å². The monoisotopic (exact) mass is 267 g/mol. The first-order chi connectivity index (χ1) is 9.20. The molecule has 1 saturated heterocycles. The van der Waals surface area contributed by atoms with Gasteiger partial charge in [-0.1, -0.05) is 6.92 Å². The van der Waals surface area contributed by atoms with Crippen molar-refractivity contribution in [2.75, 3.05) is 26.3 Å². The number of β-amino-alcohol motifs (C(OH)–C–C–N with tert-alkyl or cyclic N) is 1. The van der Waals surface area contributed by atoms with Crippen LogP contribution in [0.15, 0.2) is 12.4 Å². The summed E-state index contributed by atoms with van der Waals surface area (Å²) in [7, 11) is 0. The standard InChI is InChI=1S/C13H21N3O3/c1-2-12-14-4-6-15(12)5-3-13(18)16-7-8-19-10-11(17)9-16/h4,6,11,17H,2-3,5,7-10H2,1H3/t11-/m1/s1. The molecule has 1 aromatic heterocycles. The minimum absolute atomic E-state index is 0.0558. The molecule has 1 atom stereocenters. The molecule has 0 saturated carbocycles. The first-order valence-electron chi connectivity index (χ1n) is 6.74. The molecule has 0 radical (unpaired) electrons. The molecule has 1 fully saturated rings. The Morgan fingerprint density at radius 3 is 3.26 bits per heavy atom. The summed E-state index contributed by atoms with van der Waals surface area (Å²) in [6, 6.07) is 0. The van der Waals surface area contributed by atoms with Crippen molar-refractivity contribution in [3.63, 3.8) is 0 Å². The number of ether oxygens (including phenoxy) is 1. The van der Waals surface area contributed by atoms with E-state index in [0.29, 0.717) is 39.3 Å². The second-order valence-corrected chi connectivity index (χ2v) is 4.71. The summed E-state index contributed by atoms with van der Waals surface area (Å²) in [4.78, 5) is 18.0. The fraction of sp³-hybridized carbons (Fsp3) is 0.692. The average Bonchev–Trinajstić information content (AvgIpc) is 2.75. The Morgan fingerprint density at radius 2 is 2.47 bits per heavy atom. The number of carbonyl (C=O) groups excluding carboxylic acids is 1.